The Morgan fingerprint density at radius 1 is 1.24 bits per heavy atom. The number of aliphatic hydroxyl groups is 1. The zero-order chi connectivity index (χ0) is 24.0. The van der Waals surface area contributed by atoms with Crippen molar-refractivity contribution < 1.29 is 14.7 Å². The predicted molar refractivity (Wildman–Crippen MR) is 121 cm³/mol. The lowest BCUT2D eigenvalue weighted by Gasteiger charge is -2.35. The van der Waals surface area contributed by atoms with Crippen LogP contribution in [0.5, 0.6) is 0 Å². The second-order valence-corrected chi connectivity index (χ2v) is 11.1. The molecule has 1 aliphatic carbocycles. The summed E-state index contributed by atoms with van der Waals surface area (Å²) < 4.78 is 3.56. The molecule has 33 heavy (non-hydrogen) atoms. The highest BCUT2D eigenvalue weighted by Crippen LogP contribution is 2.40. The fraction of sp³-hybridized carbons (Fsp3) is 0.696. The molecule has 0 radical (unpaired) electrons. The molecule has 0 spiro atoms. The van der Waals surface area contributed by atoms with Gasteiger partial charge in [-0.2, -0.15) is 0 Å². The van der Waals surface area contributed by atoms with Gasteiger partial charge in [0.25, 0.3) is 0 Å². The summed E-state index contributed by atoms with van der Waals surface area (Å²) in [5, 5.41) is 21.9. The smallest absolute Gasteiger partial charge is 0.248 e. The number of rotatable bonds is 7. The van der Waals surface area contributed by atoms with E-state index >= 15 is 0 Å². The van der Waals surface area contributed by atoms with Gasteiger partial charge in [-0.05, 0) is 32.1 Å². The van der Waals surface area contributed by atoms with Crippen LogP contribution in [0.15, 0.2) is 24.9 Å². The maximum Gasteiger partial charge on any atom is 0.248 e. The number of carbonyl (C=O) groups is 2. The van der Waals surface area contributed by atoms with Crippen molar-refractivity contribution in [2.75, 3.05) is 13.1 Å². The van der Waals surface area contributed by atoms with Gasteiger partial charge < -0.3 is 19.9 Å². The van der Waals surface area contributed by atoms with Gasteiger partial charge in [0, 0.05) is 44.0 Å². The molecule has 2 aromatic heterocycles. The minimum atomic E-state index is -0.746. The van der Waals surface area contributed by atoms with Crippen LogP contribution >= 0.6 is 0 Å². The van der Waals surface area contributed by atoms with Gasteiger partial charge in [0.1, 0.15) is 12.1 Å². The fourth-order valence-corrected chi connectivity index (χ4v) is 4.46. The van der Waals surface area contributed by atoms with Crippen molar-refractivity contribution in [1.82, 2.24) is 34.8 Å². The highest BCUT2D eigenvalue weighted by molar-refractivity contribution is 5.90. The molecule has 1 saturated carbocycles. The summed E-state index contributed by atoms with van der Waals surface area (Å²) in [6.45, 7) is 10.4. The molecule has 2 unspecified atom stereocenters. The van der Waals surface area contributed by atoms with Crippen molar-refractivity contribution in [2.45, 2.75) is 83.5 Å². The molecular weight excluding hydrogens is 422 g/mol. The Hall–Kier alpha value is -2.75. The minimum absolute atomic E-state index is 0.124. The number of aliphatic hydroxyl groups excluding tert-OH is 1. The molecule has 1 saturated heterocycles. The third-order valence-corrected chi connectivity index (χ3v) is 6.61. The van der Waals surface area contributed by atoms with E-state index in [2.05, 4.69) is 20.6 Å². The van der Waals surface area contributed by atoms with Crippen molar-refractivity contribution in [3.8, 4) is 0 Å². The first-order valence-corrected chi connectivity index (χ1v) is 11.6. The molecule has 180 valence electrons. The monoisotopic (exact) mass is 457 g/mol. The summed E-state index contributed by atoms with van der Waals surface area (Å²) in [7, 11) is 0. The first kappa shape index (κ1) is 23.4. The minimum Gasteiger partial charge on any atom is -0.391 e. The maximum atomic E-state index is 13.8. The molecule has 2 aromatic rings. The summed E-state index contributed by atoms with van der Waals surface area (Å²) in [5.74, 6) is -0.0567. The summed E-state index contributed by atoms with van der Waals surface area (Å²) in [4.78, 5) is 32.5. The van der Waals surface area contributed by atoms with E-state index in [1.54, 1.807) is 17.2 Å². The largest absolute Gasteiger partial charge is 0.391 e. The Balaban J connectivity index is 1.51. The van der Waals surface area contributed by atoms with Crippen LogP contribution in [-0.4, -0.2) is 71.6 Å². The van der Waals surface area contributed by atoms with Crippen molar-refractivity contribution in [3.63, 3.8) is 0 Å². The van der Waals surface area contributed by atoms with E-state index in [0.717, 1.165) is 18.5 Å². The van der Waals surface area contributed by atoms with Gasteiger partial charge >= 0.3 is 0 Å². The topological polar surface area (TPSA) is 118 Å². The molecule has 10 nitrogen and oxygen atoms in total. The van der Waals surface area contributed by atoms with Crippen LogP contribution in [0.3, 0.4) is 0 Å². The summed E-state index contributed by atoms with van der Waals surface area (Å²) in [6.07, 6.45) is 8.79. The molecule has 1 aliphatic heterocycles. The molecule has 3 atom stereocenters. The van der Waals surface area contributed by atoms with Crippen molar-refractivity contribution >= 4 is 11.8 Å². The molecule has 0 bridgehead atoms. The molecule has 2 aliphatic rings. The van der Waals surface area contributed by atoms with Crippen molar-refractivity contribution in [3.05, 3.63) is 30.6 Å². The first-order valence-electron chi connectivity index (χ1n) is 11.6. The standard InChI is InChI=1S/C23H35N7O3/c1-22(2,3)19(30-12-17(26-27-30)15-6-7-15)21(33)29-11-16(31)10-18(29)20(32)25-13-23(4,5)28-9-8-24-14-28/h8-9,12,14-16,18-19,31H,6-7,10-11,13H2,1-5H3,(H,25,32)/t16?,18?,19-/m1/s1. The SMILES string of the molecule is CC(C)(C)[C@@H](C(=O)N1CC(O)CC1C(=O)NCC(C)(C)n1ccnc1)n1cc(C2CC2)nn1. The van der Waals surface area contributed by atoms with Crippen LogP contribution in [0, 0.1) is 5.41 Å². The molecule has 10 heteroatoms. The summed E-state index contributed by atoms with van der Waals surface area (Å²) >= 11 is 0. The second kappa shape index (κ2) is 8.55. The molecule has 3 heterocycles. The summed E-state index contributed by atoms with van der Waals surface area (Å²) in [6, 6.07) is -1.36. The highest BCUT2D eigenvalue weighted by Gasteiger charge is 2.45. The zero-order valence-corrected chi connectivity index (χ0v) is 20.1. The zero-order valence-electron chi connectivity index (χ0n) is 20.1. The number of likely N-dealkylation sites (tertiary alicyclic amines) is 1. The third-order valence-electron chi connectivity index (χ3n) is 6.61. The maximum absolute atomic E-state index is 13.8. The lowest BCUT2D eigenvalue weighted by molar-refractivity contribution is -0.144. The number of nitrogens with one attached hydrogen (secondary N) is 1. The van der Waals surface area contributed by atoms with Gasteiger partial charge in [-0.25, -0.2) is 9.67 Å². The molecule has 4 rings (SSSR count). The first-order chi connectivity index (χ1) is 15.5. The molecule has 2 fully saturated rings. The van der Waals surface area contributed by atoms with Crippen LogP contribution < -0.4 is 5.32 Å². The number of carbonyl (C=O) groups excluding carboxylic acids is 2. The van der Waals surface area contributed by atoms with Crippen LogP contribution in [-0.2, 0) is 15.1 Å². The Morgan fingerprint density at radius 3 is 2.58 bits per heavy atom. The van der Waals surface area contributed by atoms with E-state index in [1.165, 1.54) is 4.90 Å². The van der Waals surface area contributed by atoms with E-state index in [9.17, 15) is 14.7 Å². The average molecular weight is 458 g/mol. The predicted octanol–water partition coefficient (Wildman–Crippen LogP) is 1.45. The van der Waals surface area contributed by atoms with Gasteiger partial charge in [-0.3, -0.25) is 9.59 Å². The van der Waals surface area contributed by atoms with Gasteiger partial charge in [0.2, 0.25) is 11.8 Å². The normalized spacial score (nSPS) is 22.4. The number of amides is 2. The Kier molecular flexibility index (Phi) is 6.07. The number of imidazole rings is 1. The van der Waals surface area contributed by atoms with Crippen molar-refractivity contribution in [2.24, 2.45) is 5.41 Å². The molecular formula is C23H35N7O3. The number of aromatic nitrogens is 5. The quantitative estimate of drug-likeness (QED) is 0.650. The fourth-order valence-electron chi connectivity index (χ4n) is 4.46. The second-order valence-electron chi connectivity index (χ2n) is 11.1. The van der Waals surface area contributed by atoms with E-state index in [4.69, 9.17) is 0 Å². The number of nitrogens with zero attached hydrogens (tertiary/aromatic N) is 6. The van der Waals surface area contributed by atoms with Crippen LogP contribution in [0.25, 0.3) is 0 Å². The number of hydrogen-bond acceptors (Lipinski definition) is 6. The van der Waals surface area contributed by atoms with Crippen molar-refractivity contribution in [1.29, 1.82) is 0 Å². The van der Waals surface area contributed by atoms with E-state index < -0.39 is 23.6 Å². The molecule has 2 amide bonds. The highest BCUT2D eigenvalue weighted by atomic mass is 16.3. The Labute approximate surface area is 194 Å². The lowest BCUT2D eigenvalue weighted by Crippen LogP contribution is -2.52. The molecule has 2 N–H and O–H groups in total. The average Bonchev–Trinajstić information content (AvgIpc) is 3.12. The Morgan fingerprint density at radius 2 is 1.97 bits per heavy atom. The van der Waals surface area contributed by atoms with Crippen LogP contribution in [0.1, 0.15) is 71.5 Å². The molecule has 0 aromatic carbocycles. The van der Waals surface area contributed by atoms with Gasteiger partial charge in [-0.15, -0.1) is 5.10 Å². The van der Waals surface area contributed by atoms with Gasteiger partial charge in [0.15, 0.2) is 0 Å². The number of β-amino-alcohol motifs (C(OH)–C–C–N with tert-alkyl or cyclic N) is 1. The van der Waals surface area contributed by atoms with E-state index in [-0.39, 0.29) is 30.3 Å². The number of hydrogen-bond donors (Lipinski definition) is 2. The lowest BCUT2D eigenvalue weighted by atomic mass is 9.85. The Bertz CT molecular complexity index is 988. The van der Waals surface area contributed by atoms with Gasteiger partial charge in [-0.1, -0.05) is 26.0 Å². The van der Waals surface area contributed by atoms with E-state index in [1.807, 2.05) is 51.6 Å². The summed E-state index contributed by atoms with van der Waals surface area (Å²) in [5.41, 5.74) is 0.0740. The van der Waals surface area contributed by atoms with Crippen LogP contribution in [0.2, 0.25) is 0 Å². The van der Waals surface area contributed by atoms with Gasteiger partial charge in [0.05, 0.1) is 23.7 Å². The van der Waals surface area contributed by atoms with E-state index in [0.29, 0.717) is 12.5 Å². The van der Waals surface area contributed by atoms with Crippen LogP contribution in [0.4, 0.5) is 0 Å². The third kappa shape index (κ3) is 4.95.